The number of methoxy groups -OCH3 is 2. The van der Waals surface area contributed by atoms with Crippen LogP contribution in [0.25, 0.3) is 0 Å². The highest BCUT2D eigenvalue weighted by Crippen LogP contribution is 2.23. The van der Waals surface area contributed by atoms with Gasteiger partial charge in [-0.15, -0.1) is 0 Å². The minimum absolute atomic E-state index is 0.432. The Balaban J connectivity index is 2.20. The van der Waals surface area contributed by atoms with Crippen molar-refractivity contribution in [2.24, 2.45) is 0 Å². The van der Waals surface area contributed by atoms with Gasteiger partial charge in [0.1, 0.15) is 17.2 Å². The molecule has 2 aromatic carbocycles. The highest BCUT2D eigenvalue weighted by Gasteiger charge is 2.12. The molecule has 0 aliphatic carbocycles. The molecule has 6 heteroatoms. The summed E-state index contributed by atoms with van der Waals surface area (Å²) in [5.41, 5.74) is 0. The second kappa shape index (κ2) is 6.11. The van der Waals surface area contributed by atoms with Gasteiger partial charge in [-0.3, -0.25) is 0 Å². The van der Waals surface area contributed by atoms with Crippen LogP contribution in [0.3, 0.4) is 0 Å². The van der Waals surface area contributed by atoms with E-state index in [-0.39, 0.29) is 0 Å². The molecule has 106 valence electrons. The lowest BCUT2D eigenvalue weighted by atomic mass is 10.3. The number of benzene rings is 2. The summed E-state index contributed by atoms with van der Waals surface area (Å²) < 4.78 is 27.9. The van der Waals surface area contributed by atoms with E-state index in [2.05, 4.69) is 0 Å². The van der Waals surface area contributed by atoms with Crippen LogP contribution in [0.15, 0.2) is 53.4 Å². The second-order valence-corrected chi connectivity index (χ2v) is 6.75. The summed E-state index contributed by atoms with van der Waals surface area (Å²) in [5, 5.41) is 0. The Morgan fingerprint density at radius 2 is 1.20 bits per heavy atom. The average Bonchev–Trinajstić information content (AvgIpc) is 2.48. The molecular formula is C14H14O4S2. The van der Waals surface area contributed by atoms with E-state index in [4.69, 9.17) is 24.8 Å². The molecule has 0 saturated carbocycles. The third kappa shape index (κ3) is 3.40. The second-order valence-electron chi connectivity index (χ2n) is 3.89. The topological polar surface area (TPSA) is 44.8 Å². The van der Waals surface area contributed by atoms with E-state index in [0.717, 1.165) is 0 Å². The molecule has 1 atom stereocenters. The first-order valence-corrected chi connectivity index (χ1v) is 8.18. The number of hydrogen-bond donors (Lipinski definition) is 0. The van der Waals surface area contributed by atoms with Crippen molar-refractivity contribution in [1.29, 1.82) is 0 Å². The Morgan fingerprint density at radius 3 is 1.65 bits per heavy atom. The lowest BCUT2D eigenvalue weighted by Crippen LogP contribution is -2.08. The van der Waals surface area contributed by atoms with Gasteiger partial charge in [-0.1, -0.05) is 0 Å². The van der Waals surface area contributed by atoms with Crippen molar-refractivity contribution >= 4 is 20.0 Å². The van der Waals surface area contributed by atoms with Crippen molar-refractivity contribution in [3.05, 3.63) is 48.5 Å². The lowest BCUT2D eigenvalue weighted by molar-refractivity contribution is 0.414. The Hall–Kier alpha value is -1.79. The van der Waals surface area contributed by atoms with E-state index in [1.54, 1.807) is 62.8 Å². The van der Waals surface area contributed by atoms with Crippen molar-refractivity contribution in [3.63, 3.8) is 0 Å². The van der Waals surface area contributed by atoms with Crippen molar-refractivity contribution in [2.75, 3.05) is 14.2 Å². The standard InChI is InChI=1S/C14H14O4S2/c1-16-11-3-5-13(6-4-11)18-20(15,19)14-9-7-12(17-2)8-10-14/h3-10H,1-2H3. The molecule has 2 aromatic rings. The largest absolute Gasteiger partial charge is 0.497 e. The fourth-order valence-corrected chi connectivity index (χ4v) is 3.05. The summed E-state index contributed by atoms with van der Waals surface area (Å²) >= 11 is 5.07. The van der Waals surface area contributed by atoms with Crippen LogP contribution >= 0.6 is 0 Å². The molecule has 0 heterocycles. The maximum atomic E-state index is 12.4. The molecule has 2 rings (SSSR count). The highest BCUT2D eigenvalue weighted by molar-refractivity contribution is 8.30. The van der Waals surface area contributed by atoms with Gasteiger partial charge in [-0.2, -0.15) is 0 Å². The van der Waals surface area contributed by atoms with Crippen molar-refractivity contribution in [2.45, 2.75) is 4.90 Å². The van der Waals surface area contributed by atoms with Gasteiger partial charge in [0, 0.05) is 11.2 Å². The van der Waals surface area contributed by atoms with Crippen LogP contribution in [0.5, 0.6) is 17.2 Å². The summed E-state index contributed by atoms with van der Waals surface area (Å²) in [6, 6.07) is 13.4. The Morgan fingerprint density at radius 1 is 0.800 bits per heavy atom. The molecule has 0 aliphatic rings. The van der Waals surface area contributed by atoms with E-state index < -0.39 is 8.77 Å². The van der Waals surface area contributed by atoms with Gasteiger partial charge in [-0.05, 0) is 48.5 Å². The minimum Gasteiger partial charge on any atom is -0.497 e. The smallest absolute Gasteiger partial charge is 0.215 e. The molecule has 0 amide bonds. The maximum absolute atomic E-state index is 12.4. The molecule has 0 aliphatic heterocycles. The molecule has 0 aromatic heterocycles. The first-order valence-electron chi connectivity index (χ1n) is 5.78. The third-order valence-electron chi connectivity index (χ3n) is 2.61. The van der Waals surface area contributed by atoms with Gasteiger partial charge < -0.3 is 13.7 Å². The van der Waals surface area contributed by atoms with Gasteiger partial charge in [0.25, 0.3) is 0 Å². The normalized spacial score (nSPS) is 13.3. The van der Waals surface area contributed by atoms with Crippen molar-refractivity contribution in [3.8, 4) is 17.2 Å². The Labute approximate surface area is 123 Å². The molecule has 1 unspecified atom stereocenters. The van der Waals surface area contributed by atoms with Gasteiger partial charge in [0.05, 0.1) is 19.1 Å². The summed E-state index contributed by atoms with van der Waals surface area (Å²) in [4.78, 5) is 0.434. The van der Waals surface area contributed by atoms with Crippen LogP contribution in [-0.4, -0.2) is 18.4 Å². The predicted octanol–water partition coefficient (Wildman–Crippen LogP) is 2.80. The van der Waals surface area contributed by atoms with E-state index in [1.807, 2.05) is 0 Å². The van der Waals surface area contributed by atoms with Crippen LogP contribution in [0.4, 0.5) is 0 Å². The molecule has 4 nitrogen and oxygen atoms in total. The van der Waals surface area contributed by atoms with E-state index in [1.165, 1.54) is 0 Å². The first kappa shape index (κ1) is 14.6. The van der Waals surface area contributed by atoms with E-state index in [9.17, 15) is 4.21 Å². The van der Waals surface area contributed by atoms with Crippen molar-refractivity contribution < 1.29 is 17.9 Å². The summed E-state index contributed by atoms with van der Waals surface area (Å²) in [7, 11) is 0.115. The molecule has 0 bridgehead atoms. The quantitative estimate of drug-likeness (QED) is 0.850. The fourth-order valence-electron chi connectivity index (χ4n) is 1.55. The predicted molar refractivity (Wildman–Crippen MR) is 80.4 cm³/mol. The molecule has 20 heavy (non-hydrogen) atoms. The summed E-state index contributed by atoms with van der Waals surface area (Å²) in [5.74, 6) is 1.79. The van der Waals surface area contributed by atoms with E-state index >= 15 is 0 Å². The zero-order valence-electron chi connectivity index (χ0n) is 11.1. The van der Waals surface area contributed by atoms with Crippen LogP contribution in [-0.2, 0) is 20.0 Å². The van der Waals surface area contributed by atoms with Crippen LogP contribution in [0, 0.1) is 0 Å². The Bertz CT molecular complexity index is 661. The summed E-state index contributed by atoms with van der Waals surface area (Å²) in [6.45, 7) is 0. The molecule has 0 N–H and O–H groups in total. The Kier molecular flexibility index (Phi) is 4.46. The lowest BCUT2D eigenvalue weighted by Gasteiger charge is -2.10. The minimum atomic E-state index is -3.02. The molecule has 0 radical (unpaired) electrons. The SMILES string of the molecule is COc1ccc(OS(=O)(=S)c2ccc(OC)cc2)cc1. The number of hydrogen-bond acceptors (Lipinski definition) is 5. The maximum Gasteiger partial charge on any atom is 0.215 e. The third-order valence-corrected chi connectivity index (χ3v) is 4.66. The molecule has 0 saturated heterocycles. The van der Waals surface area contributed by atoms with Gasteiger partial charge in [0.2, 0.25) is 8.77 Å². The van der Waals surface area contributed by atoms with Crippen LogP contribution in [0.1, 0.15) is 0 Å². The number of rotatable bonds is 5. The highest BCUT2D eigenvalue weighted by atomic mass is 32.8. The molecule has 0 fully saturated rings. The zero-order valence-corrected chi connectivity index (χ0v) is 12.7. The van der Waals surface area contributed by atoms with Crippen LogP contribution < -0.4 is 13.7 Å². The number of ether oxygens (including phenoxy) is 2. The van der Waals surface area contributed by atoms with Crippen molar-refractivity contribution in [1.82, 2.24) is 0 Å². The van der Waals surface area contributed by atoms with E-state index in [0.29, 0.717) is 22.1 Å². The first-order chi connectivity index (χ1) is 9.55. The fraction of sp³-hybridized carbons (Fsp3) is 0.143. The van der Waals surface area contributed by atoms with Crippen LogP contribution in [0.2, 0.25) is 0 Å². The average molecular weight is 310 g/mol. The zero-order chi connectivity index (χ0) is 14.6. The molecule has 0 spiro atoms. The summed E-state index contributed by atoms with van der Waals surface area (Å²) in [6.07, 6.45) is 0. The monoisotopic (exact) mass is 310 g/mol. The van der Waals surface area contributed by atoms with Gasteiger partial charge >= 0.3 is 0 Å². The molecular weight excluding hydrogens is 296 g/mol. The van der Waals surface area contributed by atoms with Gasteiger partial charge in [-0.25, -0.2) is 4.21 Å². The van der Waals surface area contributed by atoms with Gasteiger partial charge in [0.15, 0.2) is 0 Å².